The van der Waals surface area contributed by atoms with E-state index in [0.29, 0.717) is 18.2 Å². The maximum absolute atomic E-state index is 6.03. The van der Waals surface area contributed by atoms with Crippen LogP contribution in [-0.4, -0.2) is 16.6 Å². The van der Waals surface area contributed by atoms with Gasteiger partial charge in [0.2, 0.25) is 0 Å². The Labute approximate surface area is 132 Å². The first-order chi connectivity index (χ1) is 9.67. The summed E-state index contributed by atoms with van der Waals surface area (Å²) in [6.07, 6.45) is 0.712. The topological polar surface area (TPSA) is 61.0 Å². The fourth-order valence-corrected chi connectivity index (χ4v) is 2.54. The van der Waals surface area contributed by atoms with E-state index in [2.05, 4.69) is 39.5 Å². The Bertz CT molecular complexity index is 575. The lowest BCUT2D eigenvalue weighted by Gasteiger charge is -2.16. The van der Waals surface area contributed by atoms with Gasteiger partial charge in [0.05, 0.1) is 9.26 Å². The lowest BCUT2D eigenvalue weighted by molar-refractivity contribution is 0.0536. The van der Waals surface area contributed by atoms with E-state index in [4.69, 9.17) is 10.5 Å². The number of nitrogens with two attached hydrogens (primary N) is 1. The number of hydrogen-bond acceptors (Lipinski definition) is 4. The predicted molar refractivity (Wildman–Crippen MR) is 89.3 cm³/mol. The molecule has 0 fully saturated rings. The number of anilines is 1. The van der Waals surface area contributed by atoms with Crippen molar-refractivity contribution in [1.29, 1.82) is 0 Å². The smallest absolute Gasteiger partial charge is 0.160 e. The highest BCUT2D eigenvalue weighted by Crippen LogP contribution is 2.29. The molecule has 2 rings (SSSR count). The molecule has 1 aromatic carbocycles. The zero-order valence-electron chi connectivity index (χ0n) is 11.6. The van der Waals surface area contributed by atoms with Crippen LogP contribution < -0.4 is 5.73 Å². The van der Waals surface area contributed by atoms with Gasteiger partial charge in [-0.25, -0.2) is 9.97 Å². The first kappa shape index (κ1) is 15.2. The normalized spacial score (nSPS) is 12.3. The summed E-state index contributed by atoms with van der Waals surface area (Å²) in [7, 11) is 0. The van der Waals surface area contributed by atoms with Crippen molar-refractivity contribution in [2.24, 2.45) is 0 Å². The summed E-state index contributed by atoms with van der Waals surface area (Å²) in [4.78, 5) is 9.05. The minimum absolute atomic E-state index is 0.109. The molecule has 0 aliphatic carbocycles. The summed E-state index contributed by atoms with van der Waals surface area (Å²) in [6.45, 7) is 4.66. The first-order valence-electron chi connectivity index (χ1n) is 6.67. The zero-order valence-corrected chi connectivity index (χ0v) is 13.8. The Morgan fingerprint density at radius 3 is 2.50 bits per heavy atom. The molecule has 1 atom stereocenters. The van der Waals surface area contributed by atoms with Crippen LogP contribution in [0.2, 0.25) is 0 Å². The van der Waals surface area contributed by atoms with Gasteiger partial charge < -0.3 is 10.5 Å². The number of aromatic nitrogens is 2. The lowest BCUT2D eigenvalue weighted by Crippen LogP contribution is -2.11. The molecule has 1 unspecified atom stereocenters. The summed E-state index contributed by atoms with van der Waals surface area (Å²) in [5, 5.41) is 0. The van der Waals surface area contributed by atoms with Gasteiger partial charge in [0.1, 0.15) is 11.9 Å². The van der Waals surface area contributed by atoms with Gasteiger partial charge in [-0.15, -0.1) is 0 Å². The SMILES string of the molecule is CCOC(CC)c1nc(N)c(I)c(-c2ccccc2)n1. The van der Waals surface area contributed by atoms with Gasteiger partial charge in [0.15, 0.2) is 5.82 Å². The van der Waals surface area contributed by atoms with E-state index in [1.165, 1.54) is 0 Å². The first-order valence-corrected chi connectivity index (χ1v) is 7.75. The lowest BCUT2D eigenvalue weighted by atomic mass is 10.1. The molecule has 5 heteroatoms. The summed E-state index contributed by atoms with van der Waals surface area (Å²) in [5.74, 6) is 1.17. The molecular weight excluding hydrogens is 365 g/mol. The van der Waals surface area contributed by atoms with Gasteiger partial charge in [-0.05, 0) is 35.9 Å². The predicted octanol–water partition coefficient (Wildman–Crippen LogP) is 3.82. The molecule has 1 aromatic heterocycles. The molecule has 0 saturated heterocycles. The van der Waals surface area contributed by atoms with E-state index in [-0.39, 0.29) is 6.10 Å². The van der Waals surface area contributed by atoms with Gasteiger partial charge in [-0.2, -0.15) is 0 Å². The fourth-order valence-electron chi connectivity index (χ4n) is 1.99. The van der Waals surface area contributed by atoms with Gasteiger partial charge in [-0.3, -0.25) is 0 Å². The van der Waals surface area contributed by atoms with Crippen molar-refractivity contribution in [1.82, 2.24) is 9.97 Å². The van der Waals surface area contributed by atoms with E-state index in [0.717, 1.165) is 21.2 Å². The van der Waals surface area contributed by atoms with Crippen LogP contribution >= 0.6 is 22.6 Å². The molecule has 0 bridgehead atoms. The molecule has 0 aliphatic rings. The van der Waals surface area contributed by atoms with Crippen LogP contribution in [0.5, 0.6) is 0 Å². The Kier molecular flexibility index (Phi) is 5.31. The van der Waals surface area contributed by atoms with Crippen molar-refractivity contribution in [2.75, 3.05) is 12.3 Å². The van der Waals surface area contributed by atoms with Crippen molar-refractivity contribution in [3.05, 3.63) is 39.7 Å². The quantitative estimate of drug-likeness (QED) is 0.798. The average molecular weight is 383 g/mol. The molecule has 0 spiro atoms. The monoisotopic (exact) mass is 383 g/mol. The van der Waals surface area contributed by atoms with Crippen molar-refractivity contribution >= 4 is 28.4 Å². The second kappa shape index (κ2) is 6.99. The molecule has 0 aliphatic heterocycles. The molecule has 2 aromatic rings. The van der Waals surface area contributed by atoms with E-state index >= 15 is 0 Å². The fraction of sp³-hybridized carbons (Fsp3) is 0.333. The highest BCUT2D eigenvalue weighted by Gasteiger charge is 2.18. The van der Waals surface area contributed by atoms with E-state index in [1.807, 2.05) is 37.3 Å². The van der Waals surface area contributed by atoms with E-state index < -0.39 is 0 Å². The van der Waals surface area contributed by atoms with Crippen molar-refractivity contribution in [3.63, 3.8) is 0 Å². The zero-order chi connectivity index (χ0) is 14.5. The van der Waals surface area contributed by atoms with Gasteiger partial charge in [-0.1, -0.05) is 37.3 Å². The molecule has 4 nitrogen and oxygen atoms in total. The third-order valence-corrected chi connectivity index (χ3v) is 4.03. The molecule has 0 radical (unpaired) electrons. The van der Waals surface area contributed by atoms with Crippen LogP contribution in [-0.2, 0) is 4.74 Å². The number of ether oxygens (including phenoxy) is 1. The van der Waals surface area contributed by atoms with Crippen LogP contribution in [0.3, 0.4) is 0 Å². The molecule has 1 heterocycles. The average Bonchev–Trinajstić information content (AvgIpc) is 2.48. The Hall–Kier alpha value is -1.21. The van der Waals surface area contributed by atoms with Crippen LogP contribution in [0.15, 0.2) is 30.3 Å². The second-order valence-electron chi connectivity index (χ2n) is 4.35. The number of benzene rings is 1. The maximum atomic E-state index is 6.03. The maximum Gasteiger partial charge on any atom is 0.160 e. The number of hydrogen-bond donors (Lipinski definition) is 1. The standard InChI is InChI=1S/C15H18IN3O/c1-3-11(20-4-2)15-18-13(12(16)14(17)19-15)10-8-6-5-7-9-10/h5-9,11H,3-4H2,1-2H3,(H2,17,18,19). The number of nitrogens with zero attached hydrogens (tertiary/aromatic N) is 2. The summed E-state index contributed by atoms with van der Waals surface area (Å²) in [5.41, 5.74) is 7.94. The Balaban J connectivity index is 2.50. The number of halogens is 1. The summed E-state index contributed by atoms with van der Waals surface area (Å²) in [6, 6.07) is 10.0. The molecule has 0 amide bonds. The highest BCUT2D eigenvalue weighted by molar-refractivity contribution is 14.1. The minimum atomic E-state index is -0.109. The molecule has 0 saturated carbocycles. The van der Waals surface area contributed by atoms with Crippen molar-refractivity contribution < 1.29 is 4.74 Å². The molecule has 2 N–H and O–H groups in total. The highest BCUT2D eigenvalue weighted by atomic mass is 127. The third kappa shape index (κ3) is 3.27. The third-order valence-electron chi connectivity index (χ3n) is 2.97. The minimum Gasteiger partial charge on any atom is -0.383 e. The second-order valence-corrected chi connectivity index (χ2v) is 5.43. The summed E-state index contributed by atoms with van der Waals surface area (Å²) >= 11 is 2.19. The van der Waals surface area contributed by atoms with Crippen LogP contribution in [0.4, 0.5) is 5.82 Å². The Morgan fingerprint density at radius 2 is 1.90 bits per heavy atom. The van der Waals surface area contributed by atoms with Crippen molar-refractivity contribution in [2.45, 2.75) is 26.4 Å². The summed E-state index contributed by atoms with van der Waals surface area (Å²) < 4.78 is 6.56. The van der Waals surface area contributed by atoms with Crippen LogP contribution in [0.1, 0.15) is 32.2 Å². The van der Waals surface area contributed by atoms with Gasteiger partial charge >= 0.3 is 0 Å². The van der Waals surface area contributed by atoms with Crippen LogP contribution in [0, 0.1) is 3.57 Å². The number of rotatable bonds is 5. The number of nitrogen functional groups attached to an aromatic ring is 1. The van der Waals surface area contributed by atoms with Gasteiger partial charge in [0, 0.05) is 12.2 Å². The van der Waals surface area contributed by atoms with Gasteiger partial charge in [0.25, 0.3) is 0 Å². The van der Waals surface area contributed by atoms with E-state index in [9.17, 15) is 0 Å². The van der Waals surface area contributed by atoms with Crippen LogP contribution in [0.25, 0.3) is 11.3 Å². The largest absolute Gasteiger partial charge is 0.383 e. The molecule has 20 heavy (non-hydrogen) atoms. The van der Waals surface area contributed by atoms with Crippen molar-refractivity contribution in [3.8, 4) is 11.3 Å². The van der Waals surface area contributed by atoms with E-state index in [1.54, 1.807) is 0 Å². The molecule has 106 valence electrons. The Morgan fingerprint density at radius 1 is 1.20 bits per heavy atom. The molecular formula is C15H18IN3O.